The Balaban J connectivity index is 1.63. The first-order chi connectivity index (χ1) is 14.5. The van der Waals surface area contributed by atoms with Gasteiger partial charge in [-0.1, -0.05) is 24.3 Å². The fourth-order valence-electron chi connectivity index (χ4n) is 3.45. The molecule has 3 aromatic rings. The van der Waals surface area contributed by atoms with Crippen LogP contribution in [0, 0.1) is 11.3 Å². The van der Waals surface area contributed by atoms with Gasteiger partial charge in [0.25, 0.3) is 11.8 Å². The molecule has 0 radical (unpaired) electrons. The van der Waals surface area contributed by atoms with Crippen molar-refractivity contribution in [2.45, 2.75) is 6.54 Å². The van der Waals surface area contributed by atoms with Crippen molar-refractivity contribution in [2.24, 2.45) is 0 Å². The van der Waals surface area contributed by atoms with Crippen LogP contribution in [0.3, 0.4) is 0 Å². The number of carbonyl (C=O) groups is 3. The molecule has 2 heterocycles. The van der Waals surface area contributed by atoms with Crippen LogP contribution in [0.1, 0.15) is 42.3 Å². The molecule has 0 atom stereocenters. The maximum atomic E-state index is 12.5. The zero-order valence-corrected chi connectivity index (χ0v) is 16.0. The average Bonchev–Trinajstić information content (AvgIpc) is 3.23. The third-order valence-electron chi connectivity index (χ3n) is 4.98. The predicted octanol–water partition coefficient (Wildman–Crippen LogP) is 2.51. The summed E-state index contributed by atoms with van der Waals surface area (Å²) in [5.74, 6) is -1.32. The number of ether oxygens (including phenoxy) is 1. The van der Waals surface area contributed by atoms with Gasteiger partial charge in [-0.2, -0.15) is 5.26 Å². The highest BCUT2D eigenvalue weighted by molar-refractivity contribution is 6.21. The summed E-state index contributed by atoms with van der Waals surface area (Å²) in [4.78, 5) is 38.4. The number of imide groups is 1. The number of aromatic nitrogens is 1. The highest BCUT2D eigenvalue weighted by Crippen LogP contribution is 2.27. The number of carbonyl (C=O) groups excluding carboxylic acids is 3. The van der Waals surface area contributed by atoms with Crippen LogP contribution >= 0.6 is 0 Å². The summed E-state index contributed by atoms with van der Waals surface area (Å²) in [6, 6.07) is 15.6. The predicted molar refractivity (Wildman–Crippen MR) is 107 cm³/mol. The average molecular weight is 400 g/mol. The minimum Gasteiger partial charge on any atom is -0.464 e. The maximum absolute atomic E-state index is 12.5. The summed E-state index contributed by atoms with van der Waals surface area (Å²) >= 11 is 0. The van der Waals surface area contributed by atoms with Crippen LogP contribution < -0.4 is 5.73 Å². The van der Waals surface area contributed by atoms with Gasteiger partial charge in [-0.3, -0.25) is 14.5 Å². The Morgan fingerprint density at radius 3 is 2.20 bits per heavy atom. The minimum absolute atomic E-state index is 0.0412. The Labute approximate surface area is 171 Å². The maximum Gasteiger partial charge on any atom is 0.357 e. The zero-order valence-electron chi connectivity index (χ0n) is 16.0. The molecule has 2 aromatic carbocycles. The first-order valence-corrected chi connectivity index (χ1v) is 9.00. The molecule has 1 aliphatic rings. The number of fused-ring (bicyclic) bond motifs is 1. The number of rotatable bonds is 4. The second-order valence-corrected chi connectivity index (χ2v) is 6.69. The highest BCUT2D eigenvalue weighted by atomic mass is 16.5. The van der Waals surface area contributed by atoms with Crippen LogP contribution in [0.15, 0.2) is 54.7 Å². The Bertz CT molecular complexity index is 1200. The van der Waals surface area contributed by atoms with Gasteiger partial charge in [-0.15, -0.1) is 0 Å². The molecule has 1 aliphatic heterocycles. The zero-order chi connectivity index (χ0) is 21.4. The van der Waals surface area contributed by atoms with E-state index in [0.29, 0.717) is 16.8 Å². The van der Waals surface area contributed by atoms with Gasteiger partial charge in [-0.05, 0) is 29.8 Å². The molecule has 30 heavy (non-hydrogen) atoms. The van der Waals surface area contributed by atoms with E-state index in [9.17, 15) is 19.6 Å². The summed E-state index contributed by atoms with van der Waals surface area (Å²) in [7, 11) is 1.23. The number of nitrogen functional groups attached to an aromatic ring is 1. The molecular weight excluding hydrogens is 384 g/mol. The van der Waals surface area contributed by atoms with E-state index in [2.05, 4.69) is 0 Å². The molecule has 8 nitrogen and oxygen atoms in total. The van der Waals surface area contributed by atoms with E-state index in [4.69, 9.17) is 10.5 Å². The molecule has 0 bridgehead atoms. The van der Waals surface area contributed by atoms with Gasteiger partial charge in [0.05, 0.1) is 36.0 Å². The van der Waals surface area contributed by atoms with Crippen molar-refractivity contribution in [1.82, 2.24) is 9.47 Å². The topological polar surface area (TPSA) is 118 Å². The molecule has 4 rings (SSSR count). The van der Waals surface area contributed by atoms with Crippen LogP contribution in [-0.2, 0) is 11.3 Å². The molecule has 0 saturated heterocycles. The lowest BCUT2D eigenvalue weighted by Gasteiger charge is -2.15. The molecular formula is C22H16N4O4. The van der Waals surface area contributed by atoms with Crippen molar-refractivity contribution in [2.75, 3.05) is 12.8 Å². The summed E-state index contributed by atoms with van der Waals surface area (Å²) in [6.45, 7) is 0.119. The molecule has 0 saturated carbocycles. The van der Waals surface area contributed by atoms with E-state index in [1.54, 1.807) is 48.5 Å². The van der Waals surface area contributed by atoms with Crippen LogP contribution in [0.5, 0.6) is 0 Å². The van der Waals surface area contributed by atoms with Crippen molar-refractivity contribution in [3.8, 4) is 11.8 Å². The van der Waals surface area contributed by atoms with Gasteiger partial charge in [0.2, 0.25) is 0 Å². The Kier molecular flexibility index (Phi) is 4.56. The molecule has 1 aromatic heterocycles. The van der Waals surface area contributed by atoms with E-state index in [-0.39, 0.29) is 35.3 Å². The fraction of sp³-hybridized carbons (Fsp3) is 0.0909. The normalized spacial score (nSPS) is 12.6. The van der Waals surface area contributed by atoms with Crippen LogP contribution in [-0.4, -0.2) is 34.4 Å². The number of hydrogen-bond donors (Lipinski definition) is 1. The number of esters is 1. The fourth-order valence-corrected chi connectivity index (χ4v) is 3.45. The standard InChI is InChI=1S/C22H16N4O4/c1-30-22(29)19-18(24)14(10-23)12-25(19)15-8-6-13(7-9-15)11-26-20(27)16-4-2-3-5-17(16)21(26)28/h2-9,12H,11,24H2,1H3. The lowest BCUT2D eigenvalue weighted by atomic mass is 10.1. The molecule has 0 spiro atoms. The molecule has 2 amide bonds. The summed E-state index contributed by atoms with van der Waals surface area (Å²) in [5.41, 5.74) is 8.27. The third kappa shape index (κ3) is 2.89. The molecule has 148 valence electrons. The smallest absolute Gasteiger partial charge is 0.357 e. The Morgan fingerprint density at radius 1 is 1.07 bits per heavy atom. The lowest BCUT2D eigenvalue weighted by Crippen LogP contribution is -2.29. The SMILES string of the molecule is COC(=O)c1c(N)c(C#N)cn1-c1ccc(CN2C(=O)c3ccccc3C2=O)cc1. The summed E-state index contributed by atoms with van der Waals surface area (Å²) in [5, 5.41) is 9.22. The van der Waals surface area contributed by atoms with Crippen molar-refractivity contribution >= 4 is 23.5 Å². The number of nitrogens with two attached hydrogens (primary N) is 1. The monoisotopic (exact) mass is 400 g/mol. The van der Waals surface area contributed by atoms with E-state index in [0.717, 1.165) is 5.56 Å². The van der Waals surface area contributed by atoms with Gasteiger partial charge < -0.3 is 15.0 Å². The van der Waals surface area contributed by atoms with E-state index < -0.39 is 5.97 Å². The molecule has 2 N–H and O–H groups in total. The van der Waals surface area contributed by atoms with Gasteiger partial charge in [-0.25, -0.2) is 4.79 Å². The number of amides is 2. The highest BCUT2D eigenvalue weighted by Gasteiger charge is 2.34. The number of nitrogens with zero attached hydrogens (tertiary/aromatic N) is 3. The van der Waals surface area contributed by atoms with Crippen molar-refractivity contribution in [1.29, 1.82) is 5.26 Å². The molecule has 0 aliphatic carbocycles. The van der Waals surface area contributed by atoms with Crippen molar-refractivity contribution in [3.05, 3.63) is 82.7 Å². The van der Waals surface area contributed by atoms with Gasteiger partial charge >= 0.3 is 5.97 Å². The third-order valence-corrected chi connectivity index (χ3v) is 4.98. The van der Waals surface area contributed by atoms with E-state index in [1.807, 2.05) is 6.07 Å². The first-order valence-electron chi connectivity index (χ1n) is 9.00. The van der Waals surface area contributed by atoms with Crippen molar-refractivity contribution < 1.29 is 19.1 Å². The van der Waals surface area contributed by atoms with Gasteiger partial charge in [0.15, 0.2) is 5.69 Å². The molecule has 0 fully saturated rings. The lowest BCUT2D eigenvalue weighted by molar-refractivity contribution is 0.0590. The van der Waals surface area contributed by atoms with Crippen LogP contribution in [0.25, 0.3) is 5.69 Å². The minimum atomic E-state index is -0.663. The number of hydrogen-bond acceptors (Lipinski definition) is 6. The number of nitriles is 1. The largest absolute Gasteiger partial charge is 0.464 e. The van der Waals surface area contributed by atoms with Gasteiger partial charge in [0, 0.05) is 11.9 Å². The summed E-state index contributed by atoms with van der Waals surface area (Å²) in [6.07, 6.45) is 1.46. The second kappa shape index (κ2) is 7.22. The molecule has 0 unspecified atom stereocenters. The first kappa shape index (κ1) is 19.0. The van der Waals surface area contributed by atoms with Crippen LogP contribution in [0.2, 0.25) is 0 Å². The van der Waals surface area contributed by atoms with E-state index in [1.165, 1.54) is 22.8 Å². The Hall–Kier alpha value is -4.38. The van der Waals surface area contributed by atoms with E-state index >= 15 is 0 Å². The quantitative estimate of drug-likeness (QED) is 0.531. The number of methoxy groups -OCH3 is 1. The molecule has 8 heteroatoms. The van der Waals surface area contributed by atoms with Gasteiger partial charge in [0.1, 0.15) is 6.07 Å². The van der Waals surface area contributed by atoms with Crippen molar-refractivity contribution in [3.63, 3.8) is 0 Å². The van der Waals surface area contributed by atoms with Crippen LogP contribution in [0.4, 0.5) is 5.69 Å². The number of benzene rings is 2. The Morgan fingerprint density at radius 2 is 1.67 bits per heavy atom. The number of anilines is 1. The second-order valence-electron chi connectivity index (χ2n) is 6.69. The summed E-state index contributed by atoms with van der Waals surface area (Å²) < 4.78 is 6.25.